The van der Waals surface area contributed by atoms with Crippen LogP contribution in [0, 0.1) is 0 Å². The first-order valence-corrected chi connectivity index (χ1v) is 3.96. The molecular formula is C8H19NO2. The maximum atomic E-state index is 8.87. The van der Waals surface area contributed by atoms with Crippen LogP contribution < -0.4 is 5.73 Å². The van der Waals surface area contributed by atoms with Gasteiger partial charge in [0.15, 0.2) is 0 Å². The van der Waals surface area contributed by atoms with E-state index in [-0.39, 0.29) is 11.6 Å². The summed E-state index contributed by atoms with van der Waals surface area (Å²) < 4.78 is 5.22. The zero-order chi connectivity index (χ0) is 8.91. The first-order valence-electron chi connectivity index (χ1n) is 3.96. The Hall–Kier alpha value is -0.120. The van der Waals surface area contributed by atoms with Crippen LogP contribution in [0.2, 0.25) is 0 Å². The van der Waals surface area contributed by atoms with Gasteiger partial charge in [0.05, 0.1) is 12.7 Å². The van der Waals surface area contributed by atoms with Crippen molar-refractivity contribution < 1.29 is 9.84 Å². The average molecular weight is 161 g/mol. The molecule has 0 bridgehead atoms. The molecule has 68 valence electrons. The Labute approximate surface area is 68.5 Å². The zero-order valence-corrected chi connectivity index (χ0v) is 7.63. The highest BCUT2D eigenvalue weighted by atomic mass is 16.5. The second kappa shape index (κ2) is 4.70. The molecule has 3 heteroatoms. The summed E-state index contributed by atoms with van der Waals surface area (Å²) in [6.45, 7) is 6.69. The molecule has 1 atom stereocenters. The summed E-state index contributed by atoms with van der Waals surface area (Å²) in [6.07, 6.45) is 0.395. The Balaban J connectivity index is 3.15. The van der Waals surface area contributed by atoms with E-state index in [1.165, 1.54) is 0 Å². The van der Waals surface area contributed by atoms with E-state index < -0.39 is 0 Å². The van der Waals surface area contributed by atoms with Gasteiger partial charge in [-0.05, 0) is 27.2 Å². The summed E-state index contributed by atoms with van der Waals surface area (Å²) in [7, 11) is 0. The molecule has 0 aliphatic rings. The van der Waals surface area contributed by atoms with E-state index in [1.807, 2.05) is 13.8 Å². The standard InChI is InChI=1S/C8H19NO2/c1-7(10)4-5-11-6-8(2,3)9/h7,10H,4-6,9H2,1-3H3. The predicted octanol–water partition coefficient (Wildman–Crippen LogP) is 0.511. The number of ether oxygens (including phenoxy) is 1. The second-order valence-corrected chi connectivity index (χ2v) is 3.68. The lowest BCUT2D eigenvalue weighted by molar-refractivity contribution is 0.0665. The van der Waals surface area contributed by atoms with Crippen molar-refractivity contribution in [2.75, 3.05) is 13.2 Å². The van der Waals surface area contributed by atoms with Gasteiger partial charge in [-0.2, -0.15) is 0 Å². The van der Waals surface area contributed by atoms with Crippen molar-refractivity contribution in [3.05, 3.63) is 0 Å². The minimum absolute atomic E-state index is 0.265. The maximum absolute atomic E-state index is 8.87. The van der Waals surface area contributed by atoms with Gasteiger partial charge in [0.2, 0.25) is 0 Å². The van der Waals surface area contributed by atoms with E-state index in [0.717, 1.165) is 0 Å². The van der Waals surface area contributed by atoms with Gasteiger partial charge in [0.1, 0.15) is 0 Å². The van der Waals surface area contributed by atoms with Crippen molar-refractivity contribution in [3.63, 3.8) is 0 Å². The third kappa shape index (κ3) is 9.88. The number of aliphatic hydroxyl groups excluding tert-OH is 1. The fourth-order valence-corrected chi connectivity index (χ4v) is 0.589. The molecule has 0 radical (unpaired) electrons. The number of nitrogens with two attached hydrogens (primary N) is 1. The minimum Gasteiger partial charge on any atom is -0.393 e. The van der Waals surface area contributed by atoms with Gasteiger partial charge in [0, 0.05) is 12.1 Å². The Morgan fingerprint density at radius 1 is 1.55 bits per heavy atom. The highest BCUT2D eigenvalue weighted by Crippen LogP contribution is 1.98. The molecule has 0 heterocycles. The molecule has 0 rings (SSSR count). The fraction of sp³-hybridized carbons (Fsp3) is 1.00. The van der Waals surface area contributed by atoms with Crippen molar-refractivity contribution in [1.82, 2.24) is 0 Å². The zero-order valence-electron chi connectivity index (χ0n) is 7.63. The molecule has 0 aromatic carbocycles. The van der Waals surface area contributed by atoms with Gasteiger partial charge in [-0.3, -0.25) is 0 Å². The molecule has 0 saturated heterocycles. The quantitative estimate of drug-likeness (QED) is 0.578. The Morgan fingerprint density at radius 2 is 2.09 bits per heavy atom. The monoisotopic (exact) mass is 161 g/mol. The normalized spacial score (nSPS) is 15.0. The molecule has 0 amide bonds. The van der Waals surface area contributed by atoms with Crippen LogP contribution in [0.5, 0.6) is 0 Å². The predicted molar refractivity (Wildman–Crippen MR) is 45.4 cm³/mol. The molecule has 3 N–H and O–H groups in total. The molecule has 0 fully saturated rings. The van der Waals surface area contributed by atoms with E-state index in [4.69, 9.17) is 15.6 Å². The summed E-state index contributed by atoms with van der Waals surface area (Å²) in [5.41, 5.74) is 5.40. The highest BCUT2D eigenvalue weighted by molar-refractivity contribution is 4.69. The van der Waals surface area contributed by atoms with E-state index in [2.05, 4.69) is 0 Å². The van der Waals surface area contributed by atoms with E-state index >= 15 is 0 Å². The number of hydrogen-bond donors (Lipinski definition) is 2. The van der Waals surface area contributed by atoms with Crippen LogP contribution in [0.15, 0.2) is 0 Å². The van der Waals surface area contributed by atoms with Crippen LogP contribution in [0.1, 0.15) is 27.2 Å². The Kier molecular flexibility index (Phi) is 4.65. The fourth-order valence-electron chi connectivity index (χ4n) is 0.589. The van der Waals surface area contributed by atoms with Crippen molar-refractivity contribution >= 4 is 0 Å². The molecule has 11 heavy (non-hydrogen) atoms. The summed E-state index contributed by atoms with van der Waals surface area (Å²) in [6, 6.07) is 0. The van der Waals surface area contributed by atoms with E-state index in [1.54, 1.807) is 6.92 Å². The minimum atomic E-state index is -0.282. The molecular weight excluding hydrogens is 142 g/mol. The molecule has 0 aromatic rings. The van der Waals surface area contributed by atoms with Gasteiger partial charge in [-0.1, -0.05) is 0 Å². The molecule has 0 spiro atoms. The van der Waals surface area contributed by atoms with Gasteiger partial charge in [-0.15, -0.1) is 0 Å². The van der Waals surface area contributed by atoms with E-state index in [9.17, 15) is 0 Å². The lowest BCUT2D eigenvalue weighted by atomic mass is 10.1. The van der Waals surface area contributed by atoms with Crippen molar-refractivity contribution in [3.8, 4) is 0 Å². The van der Waals surface area contributed by atoms with Gasteiger partial charge in [0.25, 0.3) is 0 Å². The van der Waals surface area contributed by atoms with Crippen LogP contribution in [0.3, 0.4) is 0 Å². The SMILES string of the molecule is CC(O)CCOCC(C)(C)N. The molecule has 0 aliphatic heterocycles. The van der Waals surface area contributed by atoms with Gasteiger partial charge in [-0.25, -0.2) is 0 Å². The van der Waals surface area contributed by atoms with Crippen LogP contribution >= 0.6 is 0 Å². The number of aliphatic hydroxyl groups is 1. The summed E-state index contributed by atoms with van der Waals surface area (Å²) in [5.74, 6) is 0. The number of rotatable bonds is 5. The topological polar surface area (TPSA) is 55.5 Å². The smallest absolute Gasteiger partial charge is 0.0640 e. The lowest BCUT2D eigenvalue weighted by Gasteiger charge is -2.18. The van der Waals surface area contributed by atoms with Crippen LogP contribution in [-0.4, -0.2) is 30.0 Å². The van der Waals surface area contributed by atoms with Crippen molar-refractivity contribution in [2.24, 2.45) is 5.73 Å². The molecule has 3 nitrogen and oxygen atoms in total. The Morgan fingerprint density at radius 3 is 2.45 bits per heavy atom. The van der Waals surface area contributed by atoms with Crippen LogP contribution in [0.25, 0.3) is 0 Å². The summed E-state index contributed by atoms with van der Waals surface area (Å²) >= 11 is 0. The number of hydrogen-bond acceptors (Lipinski definition) is 3. The lowest BCUT2D eigenvalue weighted by Crippen LogP contribution is -2.37. The highest BCUT2D eigenvalue weighted by Gasteiger charge is 2.09. The summed E-state index contributed by atoms with van der Waals surface area (Å²) in [4.78, 5) is 0. The third-order valence-electron chi connectivity index (χ3n) is 1.15. The Bertz CT molecular complexity index is 96.8. The molecule has 0 aliphatic carbocycles. The maximum Gasteiger partial charge on any atom is 0.0640 e. The molecule has 0 saturated carbocycles. The summed E-state index contributed by atoms with van der Waals surface area (Å²) in [5, 5.41) is 8.87. The first kappa shape index (κ1) is 10.9. The average Bonchev–Trinajstić information content (AvgIpc) is 1.78. The second-order valence-electron chi connectivity index (χ2n) is 3.68. The van der Waals surface area contributed by atoms with Gasteiger partial charge < -0.3 is 15.6 Å². The first-order chi connectivity index (χ1) is 4.92. The molecule has 1 unspecified atom stereocenters. The molecule has 0 aromatic heterocycles. The van der Waals surface area contributed by atoms with Gasteiger partial charge >= 0.3 is 0 Å². The van der Waals surface area contributed by atoms with Crippen LogP contribution in [-0.2, 0) is 4.74 Å². The van der Waals surface area contributed by atoms with Crippen molar-refractivity contribution in [1.29, 1.82) is 0 Å². The largest absolute Gasteiger partial charge is 0.393 e. The van der Waals surface area contributed by atoms with Crippen LogP contribution in [0.4, 0.5) is 0 Å². The van der Waals surface area contributed by atoms with E-state index in [0.29, 0.717) is 19.6 Å². The third-order valence-corrected chi connectivity index (χ3v) is 1.15. The van der Waals surface area contributed by atoms with Crippen molar-refractivity contribution in [2.45, 2.75) is 38.8 Å².